The third-order valence-corrected chi connectivity index (χ3v) is 3.30. The van der Waals surface area contributed by atoms with Gasteiger partial charge in [-0.1, -0.05) is 37.3 Å². The third-order valence-electron chi connectivity index (χ3n) is 3.30. The molecule has 3 nitrogen and oxygen atoms in total. The van der Waals surface area contributed by atoms with Gasteiger partial charge in [-0.25, -0.2) is 4.98 Å². The maximum absolute atomic E-state index is 12.6. The summed E-state index contributed by atoms with van der Waals surface area (Å²) in [5, 5.41) is 0. The zero-order valence-electron chi connectivity index (χ0n) is 11.9. The van der Waals surface area contributed by atoms with Crippen LogP contribution in [0.4, 0.5) is 0 Å². The lowest BCUT2D eigenvalue weighted by Gasteiger charge is -2.14. The van der Waals surface area contributed by atoms with Crippen LogP contribution in [-0.2, 0) is 19.4 Å². The van der Waals surface area contributed by atoms with Crippen molar-refractivity contribution in [2.75, 3.05) is 0 Å². The molecular formula is C17H18N2O. The molecule has 0 amide bonds. The van der Waals surface area contributed by atoms with E-state index in [-0.39, 0.29) is 5.56 Å². The zero-order chi connectivity index (χ0) is 14.5. The first kappa shape index (κ1) is 14.1. The average Bonchev–Trinajstić information content (AvgIpc) is 2.49. The van der Waals surface area contributed by atoms with Crippen LogP contribution < -0.4 is 5.56 Å². The lowest BCUT2D eigenvalue weighted by atomic mass is 10.0. The molecule has 0 bridgehead atoms. The zero-order valence-corrected chi connectivity index (χ0v) is 11.9. The van der Waals surface area contributed by atoms with Crippen LogP contribution >= 0.6 is 0 Å². The molecule has 0 atom stereocenters. The second kappa shape index (κ2) is 6.21. The van der Waals surface area contributed by atoms with Crippen molar-refractivity contribution in [3.8, 4) is 23.6 Å². The number of terminal acetylenes is 1. The second-order valence-corrected chi connectivity index (χ2v) is 4.51. The summed E-state index contributed by atoms with van der Waals surface area (Å²) >= 11 is 0. The number of benzene rings is 1. The van der Waals surface area contributed by atoms with Crippen LogP contribution in [0.3, 0.4) is 0 Å². The number of hydrogen-bond acceptors (Lipinski definition) is 2. The van der Waals surface area contributed by atoms with Gasteiger partial charge in [0.05, 0.1) is 11.3 Å². The van der Waals surface area contributed by atoms with Crippen LogP contribution in [0.15, 0.2) is 35.1 Å². The van der Waals surface area contributed by atoms with E-state index in [0.29, 0.717) is 18.5 Å². The van der Waals surface area contributed by atoms with Crippen LogP contribution in [0.2, 0.25) is 0 Å². The van der Waals surface area contributed by atoms with Crippen molar-refractivity contribution in [2.45, 2.75) is 33.2 Å². The van der Waals surface area contributed by atoms with Crippen molar-refractivity contribution >= 4 is 0 Å². The van der Waals surface area contributed by atoms with E-state index in [9.17, 15) is 4.79 Å². The molecule has 1 heterocycles. The summed E-state index contributed by atoms with van der Waals surface area (Å²) in [6.45, 7) is 4.56. The van der Waals surface area contributed by atoms with Gasteiger partial charge in [0, 0.05) is 24.9 Å². The van der Waals surface area contributed by atoms with Gasteiger partial charge in [0.2, 0.25) is 0 Å². The molecule has 1 aromatic heterocycles. The van der Waals surface area contributed by atoms with E-state index in [1.165, 1.54) is 0 Å². The Morgan fingerprint density at radius 1 is 1.25 bits per heavy atom. The average molecular weight is 266 g/mol. The molecule has 2 rings (SSSR count). The number of hydrogen-bond donors (Lipinski definition) is 0. The van der Waals surface area contributed by atoms with Crippen LogP contribution in [0.5, 0.6) is 0 Å². The summed E-state index contributed by atoms with van der Waals surface area (Å²) in [6.07, 6.45) is 6.44. The van der Waals surface area contributed by atoms with E-state index in [2.05, 4.69) is 10.9 Å². The maximum atomic E-state index is 12.6. The fraction of sp³-hybridized carbons (Fsp3) is 0.294. The van der Waals surface area contributed by atoms with Crippen LogP contribution in [0.25, 0.3) is 11.3 Å². The Morgan fingerprint density at radius 2 is 1.95 bits per heavy atom. The quantitative estimate of drug-likeness (QED) is 0.797. The summed E-state index contributed by atoms with van der Waals surface area (Å²) in [5.41, 5.74) is 2.25. The molecule has 0 unspecified atom stereocenters. The van der Waals surface area contributed by atoms with Gasteiger partial charge in [0.25, 0.3) is 5.56 Å². The molecule has 0 saturated heterocycles. The first-order valence-electron chi connectivity index (χ1n) is 6.84. The van der Waals surface area contributed by atoms with Gasteiger partial charge < -0.3 is 0 Å². The molecular weight excluding hydrogens is 248 g/mol. The maximum Gasteiger partial charge on any atom is 0.258 e. The fourth-order valence-electron chi connectivity index (χ4n) is 2.33. The molecule has 102 valence electrons. The van der Waals surface area contributed by atoms with E-state index < -0.39 is 0 Å². The third kappa shape index (κ3) is 2.50. The van der Waals surface area contributed by atoms with Gasteiger partial charge >= 0.3 is 0 Å². The molecule has 3 heteroatoms. The molecule has 0 saturated carbocycles. The van der Waals surface area contributed by atoms with Gasteiger partial charge in [0.15, 0.2) is 0 Å². The van der Waals surface area contributed by atoms with E-state index in [0.717, 1.165) is 23.5 Å². The molecule has 0 spiro atoms. The molecule has 0 aliphatic rings. The summed E-state index contributed by atoms with van der Waals surface area (Å²) in [5.74, 6) is 3.37. The standard InChI is InChI=1S/C17H18N2O/c1-4-10-14-16(13-11-8-7-9-12-13)18-15(5-2)19(6-3)17(14)20/h1,7-9,11-12H,5-6,10H2,2-3H3. The Balaban J connectivity index is 2.76. The Kier molecular flexibility index (Phi) is 4.37. The van der Waals surface area contributed by atoms with E-state index in [1.807, 2.05) is 44.2 Å². The molecule has 0 aliphatic heterocycles. The summed E-state index contributed by atoms with van der Waals surface area (Å²) in [4.78, 5) is 17.3. The molecule has 0 radical (unpaired) electrons. The molecule has 2 aromatic rings. The molecule has 1 aromatic carbocycles. The fourth-order valence-corrected chi connectivity index (χ4v) is 2.33. The highest BCUT2D eigenvalue weighted by atomic mass is 16.1. The number of aromatic nitrogens is 2. The number of rotatable bonds is 4. The van der Waals surface area contributed by atoms with E-state index >= 15 is 0 Å². The highest BCUT2D eigenvalue weighted by molar-refractivity contribution is 5.63. The predicted molar refractivity (Wildman–Crippen MR) is 81.5 cm³/mol. The predicted octanol–water partition coefficient (Wildman–Crippen LogP) is 2.67. The molecule has 20 heavy (non-hydrogen) atoms. The largest absolute Gasteiger partial charge is 0.297 e. The highest BCUT2D eigenvalue weighted by Crippen LogP contribution is 2.20. The minimum Gasteiger partial charge on any atom is -0.297 e. The summed E-state index contributed by atoms with van der Waals surface area (Å²) in [6, 6.07) is 9.73. The van der Waals surface area contributed by atoms with Gasteiger partial charge in [0.1, 0.15) is 5.82 Å². The lowest BCUT2D eigenvalue weighted by Crippen LogP contribution is -2.28. The monoisotopic (exact) mass is 266 g/mol. The minimum absolute atomic E-state index is 0.0175. The summed E-state index contributed by atoms with van der Waals surface area (Å²) in [7, 11) is 0. The summed E-state index contributed by atoms with van der Waals surface area (Å²) < 4.78 is 1.71. The Hall–Kier alpha value is -2.34. The van der Waals surface area contributed by atoms with Crippen molar-refractivity contribution < 1.29 is 0 Å². The first-order chi connectivity index (χ1) is 9.72. The van der Waals surface area contributed by atoms with Crippen molar-refractivity contribution in [1.82, 2.24) is 9.55 Å². The van der Waals surface area contributed by atoms with Crippen LogP contribution in [0.1, 0.15) is 25.2 Å². The van der Waals surface area contributed by atoms with Gasteiger partial charge in [-0.05, 0) is 6.92 Å². The molecule has 0 fully saturated rings. The molecule has 0 N–H and O–H groups in total. The minimum atomic E-state index is -0.0175. The second-order valence-electron chi connectivity index (χ2n) is 4.51. The van der Waals surface area contributed by atoms with E-state index in [1.54, 1.807) is 4.57 Å². The first-order valence-corrected chi connectivity index (χ1v) is 6.84. The van der Waals surface area contributed by atoms with Gasteiger partial charge in [-0.3, -0.25) is 9.36 Å². The van der Waals surface area contributed by atoms with Crippen LogP contribution in [-0.4, -0.2) is 9.55 Å². The normalized spacial score (nSPS) is 10.2. The topological polar surface area (TPSA) is 34.9 Å². The number of aryl methyl sites for hydroxylation is 1. The Bertz CT molecular complexity index is 693. The van der Waals surface area contributed by atoms with E-state index in [4.69, 9.17) is 6.42 Å². The van der Waals surface area contributed by atoms with Gasteiger partial charge in [-0.15, -0.1) is 12.3 Å². The van der Waals surface area contributed by atoms with Crippen LogP contribution in [0, 0.1) is 12.3 Å². The molecule has 0 aliphatic carbocycles. The highest BCUT2D eigenvalue weighted by Gasteiger charge is 2.15. The van der Waals surface area contributed by atoms with Crippen molar-refractivity contribution in [2.24, 2.45) is 0 Å². The van der Waals surface area contributed by atoms with Crippen molar-refractivity contribution in [3.05, 3.63) is 52.1 Å². The lowest BCUT2D eigenvalue weighted by molar-refractivity contribution is 0.646. The Morgan fingerprint density at radius 3 is 2.50 bits per heavy atom. The SMILES string of the molecule is C#CCc1c(-c2ccccc2)nc(CC)n(CC)c1=O. The smallest absolute Gasteiger partial charge is 0.258 e. The van der Waals surface area contributed by atoms with Gasteiger partial charge in [-0.2, -0.15) is 0 Å². The van der Waals surface area contributed by atoms with Crippen molar-refractivity contribution in [1.29, 1.82) is 0 Å². The number of nitrogens with zero attached hydrogens (tertiary/aromatic N) is 2. The van der Waals surface area contributed by atoms with Crippen molar-refractivity contribution in [3.63, 3.8) is 0 Å². The Labute approximate surface area is 119 Å².